The molecular weight excluding hydrogens is 259 g/mol. The molecule has 0 atom stereocenters. The number of ketones is 1. The van der Waals surface area contributed by atoms with Crippen molar-refractivity contribution < 1.29 is 9.18 Å². The Morgan fingerprint density at radius 2 is 2.20 bits per heavy atom. The number of hydrogen-bond acceptors (Lipinski definition) is 1. The SMILES string of the molecule is O=C(C=Cc1ccc(Br)cc1F)C1CC1. The minimum Gasteiger partial charge on any atom is -0.295 e. The second kappa shape index (κ2) is 4.27. The van der Waals surface area contributed by atoms with Gasteiger partial charge >= 0.3 is 0 Å². The van der Waals surface area contributed by atoms with Gasteiger partial charge in [-0.1, -0.05) is 22.0 Å². The zero-order chi connectivity index (χ0) is 10.8. The summed E-state index contributed by atoms with van der Waals surface area (Å²) >= 11 is 3.18. The highest BCUT2D eigenvalue weighted by atomic mass is 79.9. The lowest BCUT2D eigenvalue weighted by molar-refractivity contribution is -0.115. The van der Waals surface area contributed by atoms with Crippen LogP contribution in [0.25, 0.3) is 6.08 Å². The molecule has 0 heterocycles. The Hall–Kier alpha value is -0.960. The van der Waals surface area contributed by atoms with Gasteiger partial charge in [-0.05, 0) is 37.1 Å². The third-order valence-electron chi connectivity index (χ3n) is 2.37. The molecule has 1 aliphatic rings. The fourth-order valence-electron chi connectivity index (χ4n) is 1.31. The maximum Gasteiger partial charge on any atom is 0.158 e. The summed E-state index contributed by atoms with van der Waals surface area (Å²) in [7, 11) is 0. The quantitative estimate of drug-likeness (QED) is 0.766. The molecule has 0 amide bonds. The van der Waals surface area contributed by atoms with Crippen molar-refractivity contribution in [3.8, 4) is 0 Å². The van der Waals surface area contributed by atoms with Crippen molar-refractivity contribution in [3.05, 3.63) is 40.1 Å². The highest BCUT2D eigenvalue weighted by molar-refractivity contribution is 9.10. The maximum atomic E-state index is 13.3. The van der Waals surface area contributed by atoms with Crippen LogP contribution >= 0.6 is 15.9 Å². The van der Waals surface area contributed by atoms with Gasteiger partial charge in [0, 0.05) is 16.0 Å². The number of halogens is 2. The fraction of sp³-hybridized carbons (Fsp3) is 0.250. The molecular formula is C12H10BrFO. The van der Waals surface area contributed by atoms with Crippen molar-refractivity contribution in [2.24, 2.45) is 5.92 Å². The van der Waals surface area contributed by atoms with Crippen molar-refractivity contribution in [1.29, 1.82) is 0 Å². The lowest BCUT2D eigenvalue weighted by Crippen LogP contribution is -1.93. The first-order valence-electron chi connectivity index (χ1n) is 4.84. The minimum atomic E-state index is -0.316. The molecule has 0 spiro atoms. The van der Waals surface area contributed by atoms with Crippen LogP contribution in [0.2, 0.25) is 0 Å². The van der Waals surface area contributed by atoms with Gasteiger partial charge < -0.3 is 0 Å². The fourth-order valence-corrected chi connectivity index (χ4v) is 1.65. The Labute approximate surface area is 96.1 Å². The summed E-state index contributed by atoms with van der Waals surface area (Å²) in [4.78, 5) is 11.3. The molecule has 1 aromatic rings. The molecule has 0 unspecified atom stereocenters. The number of benzene rings is 1. The van der Waals surface area contributed by atoms with E-state index in [2.05, 4.69) is 15.9 Å². The first-order valence-corrected chi connectivity index (χ1v) is 5.63. The first-order chi connectivity index (χ1) is 7.16. The summed E-state index contributed by atoms with van der Waals surface area (Å²) in [5.41, 5.74) is 0.451. The molecule has 1 fully saturated rings. The van der Waals surface area contributed by atoms with Crippen LogP contribution < -0.4 is 0 Å². The van der Waals surface area contributed by atoms with Crippen LogP contribution in [0.4, 0.5) is 4.39 Å². The number of carbonyl (C=O) groups is 1. The third kappa shape index (κ3) is 2.75. The lowest BCUT2D eigenvalue weighted by atomic mass is 10.1. The summed E-state index contributed by atoms with van der Waals surface area (Å²) in [6.07, 6.45) is 4.98. The summed E-state index contributed by atoms with van der Waals surface area (Å²) < 4.78 is 14.0. The standard InChI is InChI=1S/C12H10BrFO/c13-10-5-3-8(11(14)7-10)4-6-12(15)9-1-2-9/h3-7,9H,1-2H2. The van der Waals surface area contributed by atoms with Gasteiger partial charge in [0.25, 0.3) is 0 Å². The topological polar surface area (TPSA) is 17.1 Å². The second-order valence-corrected chi connectivity index (χ2v) is 4.59. The van der Waals surface area contributed by atoms with Crippen molar-refractivity contribution in [1.82, 2.24) is 0 Å². The van der Waals surface area contributed by atoms with Gasteiger partial charge in [-0.25, -0.2) is 4.39 Å². The molecule has 0 aliphatic heterocycles. The molecule has 1 aromatic carbocycles. The van der Waals surface area contributed by atoms with E-state index in [1.54, 1.807) is 18.2 Å². The van der Waals surface area contributed by atoms with Gasteiger partial charge in [0.1, 0.15) is 5.82 Å². The van der Waals surface area contributed by atoms with Crippen molar-refractivity contribution in [3.63, 3.8) is 0 Å². The Morgan fingerprint density at radius 3 is 2.80 bits per heavy atom. The molecule has 2 rings (SSSR count). The van der Waals surface area contributed by atoms with Gasteiger partial charge in [-0.15, -0.1) is 0 Å². The van der Waals surface area contributed by atoms with Crippen molar-refractivity contribution in [2.75, 3.05) is 0 Å². The van der Waals surface area contributed by atoms with Crippen LogP contribution in [-0.2, 0) is 4.79 Å². The van der Waals surface area contributed by atoms with Gasteiger partial charge in [-0.3, -0.25) is 4.79 Å². The van der Waals surface area contributed by atoms with E-state index in [1.807, 2.05) is 0 Å². The highest BCUT2D eigenvalue weighted by Crippen LogP contribution is 2.30. The summed E-state index contributed by atoms with van der Waals surface area (Å²) in [6.45, 7) is 0. The number of allylic oxidation sites excluding steroid dienone is 1. The highest BCUT2D eigenvalue weighted by Gasteiger charge is 2.27. The summed E-state index contributed by atoms with van der Waals surface area (Å²) in [5.74, 6) is -0.0127. The minimum absolute atomic E-state index is 0.109. The van der Waals surface area contributed by atoms with Crippen molar-refractivity contribution in [2.45, 2.75) is 12.8 Å². The lowest BCUT2D eigenvalue weighted by Gasteiger charge is -1.97. The second-order valence-electron chi connectivity index (χ2n) is 3.68. The summed E-state index contributed by atoms with van der Waals surface area (Å²) in [6, 6.07) is 4.79. The number of hydrogen-bond donors (Lipinski definition) is 0. The molecule has 3 heteroatoms. The Morgan fingerprint density at radius 1 is 1.47 bits per heavy atom. The zero-order valence-corrected chi connectivity index (χ0v) is 9.63. The van der Waals surface area contributed by atoms with E-state index in [0.29, 0.717) is 10.0 Å². The number of carbonyl (C=O) groups excluding carboxylic acids is 1. The normalized spacial score (nSPS) is 15.9. The third-order valence-corrected chi connectivity index (χ3v) is 2.86. The molecule has 78 valence electrons. The largest absolute Gasteiger partial charge is 0.295 e. The average molecular weight is 269 g/mol. The number of rotatable bonds is 3. The van der Waals surface area contributed by atoms with Crippen LogP contribution in [0.1, 0.15) is 18.4 Å². The van der Waals surface area contributed by atoms with E-state index in [4.69, 9.17) is 0 Å². The van der Waals surface area contributed by atoms with Gasteiger partial charge in [0.05, 0.1) is 0 Å². The molecule has 1 aliphatic carbocycles. The monoisotopic (exact) mass is 268 g/mol. The van der Waals surface area contributed by atoms with Crippen LogP contribution in [0.15, 0.2) is 28.7 Å². The predicted molar refractivity (Wildman–Crippen MR) is 60.9 cm³/mol. The molecule has 0 N–H and O–H groups in total. The maximum absolute atomic E-state index is 13.3. The van der Waals surface area contributed by atoms with E-state index in [1.165, 1.54) is 12.1 Å². The molecule has 1 saturated carbocycles. The molecule has 1 nitrogen and oxygen atoms in total. The van der Waals surface area contributed by atoms with Crippen LogP contribution in [0.3, 0.4) is 0 Å². The molecule has 0 radical (unpaired) electrons. The predicted octanol–water partition coefficient (Wildman–Crippen LogP) is 3.58. The summed E-state index contributed by atoms with van der Waals surface area (Å²) in [5, 5.41) is 0. The smallest absolute Gasteiger partial charge is 0.158 e. The van der Waals surface area contributed by atoms with Gasteiger partial charge in [-0.2, -0.15) is 0 Å². The molecule has 0 bridgehead atoms. The van der Waals surface area contributed by atoms with Crippen LogP contribution in [-0.4, -0.2) is 5.78 Å². The van der Waals surface area contributed by atoms with Gasteiger partial charge in [0.15, 0.2) is 5.78 Å². The first kappa shape index (κ1) is 10.6. The Bertz CT molecular complexity index is 422. The molecule has 15 heavy (non-hydrogen) atoms. The van der Waals surface area contributed by atoms with E-state index in [-0.39, 0.29) is 17.5 Å². The van der Waals surface area contributed by atoms with Crippen molar-refractivity contribution >= 4 is 27.8 Å². The Balaban J connectivity index is 2.12. The van der Waals surface area contributed by atoms with Gasteiger partial charge in [0.2, 0.25) is 0 Å². The Kier molecular flexibility index (Phi) is 3.00. The van der Waals surface area contributed by atoms with Crippen LogP contribution in [0.5, 0.6) is 0 Å². The average Bonchev–Trinajstić information content (AvgIpc) is 2.99. The van der Waals surface area contributed by atoms with E-state index in [0.717, 1.165) is 12.8 Å². The van der Waals surface area contributed by atoms with E-state index >= 15 is 0 Å². The van der Waals surface area contributed by atoms with Crippen LogP contribution in [0, 0.1) is 11.7 Å². The van der Waals surface area contributed by atoms with E-state index < -0.39 is 0 Å². The zero-order valence-electron chi connectivity index (χ0n) is 8.04. The molecule has 0 aromatic heterocycles. The molecule has 0 saturated heterocycles. The van der Waals surface area contributed by atoms with E-state index in [9.17, 15) is 9.18 Å².